The van der Waals surface area contributed by atoms with Gasteiger partial charge in [0.25, 0.3) is 0 Å². The average Bonchev–Trinajstić information content (AvgIpc) is 2.60. The molecule has 1 heterocycles. The molecule has 0 fully saturated rings. The number of amides is 1. The maximum atomic E-state index is 12.9. The number of sulfone groups is 1. The quantitative estimate of drug-likeness (QED) is 0.847. The molecule has 5 nitrogen and oxygen atoms in total. The summed E-state index contributed by atoms with van der Waals surface area (Å²) in [6.07, 6.45) is 0.871. The number of nitrogens with one attached hydrogen (secondary N) is 1. The van der Waals surface area contributed by atoms with E-state index in [0.29, 0.717) is 25.1 Å². The van der Waals surface area contributed by atoms with Crippen LogP contribution >= 0.6 is 0 Å². The van der Waals surface area contributed by atoms with Crippen LogP contribution in [0.15, 0.2) is 53.4 Å². The number of fused-ring (bicyclic) bond motifs is 1. The minimum absolute atomic E-state index is 0.0630. The molecular formula is C20H24N2O3S. The topological polar surface area (TPSA) is 66.5 Å². The first-order chi connectivity index (χ1) is 12.4. The number of carbonyl (C=O) groups excluding carboxylic acids is 1. The third-order valence-electron chi connectivity index (χ3n) is 4.64. The lowest BCUT2D eigenvalue weighted by Crippen LogP contribution is -2.26. The average molecular weight is 372 g/mol. The summed E-state index contributed by atoms with van der Waals surface area (Å²) in [5.74, 6) is -0.216. The Kier molecular flexibility index (Phi) is 5.44. The molecule has 2 aromatic carbocycles. The van der Waals surface area contributed by atoms with Gasteiger partial charge in [0.05, 0.1) is 16.3 Å². The molecule has 0 bridgehead atoms. The van der Waals surface area contributed by atoms with Gasteiger partial charge in [-0.25, -0.2) is 8.42 Å². The van der Waals surface area contributed by atoms with E-state index in [1.54, 1.807) is 12.1 Å². The van der Waals surface area contributed by atoms with Crippen LogP contribution in [0.3, 0.4) is 0 Å². The van der Waals surface area contributed by atoms with Crippen molar-refractivity contribution in [3.63, 3.8) is 0 Å². The van der Waals surface area contributed by atoms with Crippen LogP contribution in [0.4, 0.5) is 5.69 Å². The van der Waals surface area contributed by atoms with E-state index in [2.05, 4.69) is 5.32 Å². The zero-order valence-corrected chi connectivity index (χ0v) is 15.9. The van der Waals surface area contributed by atoms with Crippen LogP contribution in [0, 0.1) is 0 Å². The van der Waals surface area contributed by atoms with E-state index in [1.807, 2.05) is 55.4 Å². The van der Waals surface area contributed by atoms with E-state index in [0.717, 1.165) is 11.1 Å². The Labute approximate surface area is 154 Å². The maximum Gasteiger partial charge on any atom is 0.225 e. The molecule has 138 valence electrons. The second kappa shape index (κ2) is 7.60. The highest BCUT2D eigenvalue weighted by Crippen LogP contribution is 2.40. The fourth-order valence-electron chi connectivity index (χ4n) is 3.38. The fourth-order valence-corrected chi connectivity index (χ4v) is 4.88. The molecule has 0 spiro atoms. The molecule has 1 unspecified atom stereocenters. The second-order valence-corrected chi connectivity index (χ2v) is 8.99. The van der Waals surface area contributed by atoms with Gasteiger partial charge in [0.2, 0.25) is 5.91 Å². The third kappa shape index (κ3) is 3.97. The van der Waals surface area contributed by atoms with Crippen molar-refractivity contribution in [1.29, 1.82) is 0 Å². The lowest BCUT2D eigenvalue weighted by atomic mass is 9.85. The Morgan fingerprint density at radius 2 is 1.81 bits per heavy atom. The van der Waals surface area contributed by atoms with E-state index in [4.69, 9.17) is 0 Å². The SMILES string of the molecule is CN(C)CCCS(=O)(=O)c1cccc2c1NC(=O)CC2c1ccccc1. The Bertz CT molecular complexity index is 893. The number of anilines is 1. The van der Waals surface area contributed by atoms with Crippen LogP contribution in [-0.2, 0) is 14.6 Å². The van der Waals surface area contributed by atoms with Crippen molar-refractivity contribution in [2.24, 2.45) is 0 Å². The van der Waals surface area contributed by atoms with Gasteiger partial charge in [-0.15, -0.1) is 0 Å². The van der Waals surface area contributed by atoms with E-state index in [9.17, 15) is 13.2 Å². The number of carbonyl (C=O) groups is 1. The first kappa shape index (κ1) is 18.6. The van der Waals surface area contributed by atoms with Crippen LogP contribution in [-0.4, -0.2) is 45.6 Å². The number of hydrogen-bond acceptors (Lipinski definition) is 4. The molecule has 3 rings (SSSR count). The van der Waals surface area contributed by atoms with Gasteiger partial charge >= 0.3 is 0 Å². The Morgan fingerprint density at radius 1 is 1.08 bits per heavy atom. The third-order valence-corrected chi connectivity index (χ3v) is 6.48. The van der Waals surface area contributed by atoms with Gasteiger partial charge in [-0.05, 0) is 44.3 Å². The Morgan fingerprint density at radius 3 is 2.50 bits per heavy atom. The number of hydrogen-bond donors (Lipinski definition) is 1. The molecule has 1 atom stereocenters. The van der Waals surface area contributed by atoms with Crippen LogP contribution in [0.2, 0.25) is 0 Å². The molecule has 1 aliphatic rings. The lowest BCUT2D eigenvalue weighted by Gasteiger charge is -2.27. The van der Waals surface area contributed by atoms with Gasteiger partial charge < -0.3 is 10.2 Å². The van der Waals surface area contributed by atoms with Gasteiger partial charge in [-0.3, -0.25) is 4.79 Å². The molecule has 1 amide bonds. The zero-order valence-electron chi connectivity index (χ0n) is 15.1. The molecule has 2 aromatic rings. The molecular weight excluding hydrogens is 348 g/mol. The maximum absolute atomic E-state index is 12.9. The molecule has 1 N–H and O–H groups in total. The summed E-state index contributed by atoms with van der Waals surface area (Å²) in [5, 5.41) is 2.81. The van der Waals surface area contributed by atoms with Crippen LogP contribution < -0.4 is 5.32 Å². The Hall–Kier alpha value is -2.18. The van der Waals surface area contributed by atoms with E-state index < -0.39 is 9.84 Å². The predicted octanol–water partition coefficient (Wildman–Crippen LogP) is 2.89. The number of para-hydroxylation sites is 1. The van der Waals surface area contributed by atoms with Gasteiger partial charge in [-0.1, -0.05) is 42.5 Å². The Balaban J connectivity index is 1.99. The fraction of sp³-hybridized carbons (Fsp3) is 0.350. The summed E-state index contributed by atoms with van der Waals surface area (Å²) < 4.78 is 25.7. The number of benzene rings is 2. The van der Waals surface area contributed by atoms with Gasteiger partial charge in [0, 0.05) is 12.3 Å². The largest absolute Gasteiger partial charge is 0.325 e. The standard InChI is InChI=1S/C20H24N2O3S/c1-22(2)12-7-13-26(24,25)18-11-6-10-16-17(14-19(23)21-20(16)18)15-8-4-3-5-9-15/h3-6,8-11,17H,7,12-14H2,1-2H3,(H,21,23). The van der Waals surface area contributed by atoms with Crippen LogP contribution in [0.1, 0.15) is 29.9 Å². The summed E-state index contributed by atoms with van der Waals surface area (Å²) in [5.41, 5.74) is 2.33. The summed E-state index contributed by atoms with van der Waals surface area (Å²) in [6.45, 7) is 0.702. The highest BCUT2D eigenvalue weighted by atomic mass is 32.2. The molecule has 1 aliphatic heterocycles. The lowest BCUT2D eigenvalue weighted by molar-refractivity contribution is -0.116. The van der Waals surface area contributed by atoms with Crippen molar-refractivity contribution in [2.45, 2.75) is 23.7 Å². The van der Waals surface area contributed by atoms with Crippen molar-refractivity contribution in [1.82, 2.24) is 4.90 Å². The minimum atomic E-state index is -3.47. The van der Waals surface area contributed by atoms with E-state index >= 15 is 0 Å². The minimum Gasteiger partial charge on any atom is -0.325 e. The predicted molar refractivity (Wildman–Crippen MR) is 103 cm³/mol. The van der Waals surface area contributed by atoms with Crippen LogP contribution in [0.25, 0.3) is 0 Å². The monoisotopic (exact) mass is 372 g/mol. The molecule has 26 heavy (non-hydrogen) atoms. The second-order valence-electron chi connectivity index (χ2n) is 6.91. The highest BCUT2D eigenvalue weighted by molar-refractivity contribution is 7.91. The van der Waals surface area contributed by atoms with Gasteiger partial charge in [-0.2, -0.15) is 0 Å². The van der Waals surface area contributed by atoms with Crippen molar-refractivity contribution < 1.29 is 13.2 Å². The molecule has 6 heteroatoms. The smallest absolute Gasteiger partial charge is 0.225 e. The van der Waals surface area contributed by atoms with Crippen molar-refractivity contribution >= 4 is 21.4 Å². The molecule has 0 aromatic heterocycles. The van der Waals surface area contributed by atoms with E-state index in [1.165, 1.54) is 0 Å². The molecule has 0 saturated heterocycles. The molecule has 0 radical (unpaired) electrons. The highest BCUT2D eigenvalue weighted by Gasteiger charge is 2.31. The van der Waals surface area contributed by atoms with Gasteiger partial charge in [0.1, 0.15) is 0 Å². The molecule has 0 aliphatic carbocycles. The summed E-state index contributed by atoms with van der Waals surface area (Å²) in [4.78, 5) is 14.5. The van der Waals surface area contributed by atoms with E-state index in [-0.39, 0.29) is 22.5 Å². The normalized spacial score (nSPS) is 17.0. The zero-order chi connectivity index (χ0) is 18.7. The van der Waals surface area contributed by atoms with Gasteiger partial charge in [0.15, 0.2) is 9.84 Å². The van der Waals surface area contributed by atoms with Crippen molar-refractivity contribution in [3.05, 3.63) is 59.7 Å². The number of rotatable bonds is 6. The molecule has 0 saturated carbocycles. The van der Waals surface area contributed by atoms with Crippen molar-refractivity contribution in [3.8, 4) is 0 Å². The number of nitrogens with zero attached hydrogens (tertiary/aromatic N) is 1. The first-order valence-corrected chi connectivity index (χ1v) is 10.4. The van der Waals surface area contributed by atoms with Crippen molar-refractivity contribution in [2.75, 3.05) is 31.7 Å². The van der Waals surface area contributed by atoms with Crippen LogP contribution in [0.5, 0.6) is 0 Å². The summed E-state index contributed by atoms with van der Waals surface area (Å²) in [6, 6.07) is 15.0. The first-order valence-electron chi connectivity index (χ1n) is 8.73. The summed E-state index contributed by atoms with van der Waals surface area (Å²) >= 11 is 0. The summed E-state index contributed by atoms with van der Waals surface area (Å²) in [7, 11) is 0.369.